The minimum absolute atomic E-state index is 0.0676. The number of alkyl halides is 1. The van der Waals surface area contributed by atoms with E-state index in [1.807, 2.05) is 59.4 Å². The molecule has 6 rings (SSSR count). The maximum absolute atomic E-state index is 14.5. The number of ether oxygens (including phenoxy) is 1. The monoisotopic (exact) mass is 583 g/mol. The molecule has 0 unspecified atom stereocenters. The molecule has 4 aliphatic heterocycles. The molecular formula is C32H47BFN3O5. The molecule has 1 spiro atoms. The van der Waals surface area contributed by atoms with Crippen LogP contribution in [0.4, 0.5) is 14.9 Å². The highest BCUT2D eigenvalue weighted by molar-refractivity contribution is 6.62. The molecule has 4 fully saturated rings. The van der Waals surface area contributed by atoms with Gasteiger partial charge in [-0.2, -0.15) is 0 Å². The standard InChI is InChI=1S/C32H47BFN3O5/c1-29(2,3)40-28(39)35-15-12-32(13-16-35)25-11-10-21(33-41-30(4,5)31(6,7)42-33)17-26(25)37(27(32)38)24-18-23(19-24)36-14-8-9-22(34)20-36/h10-11,17,22-24H,8-9,12-16,18-20H2,1-7H3/t22-,23?,24?/m1/s1. The first-order valence-corrected chi connectivity index (χ1v) is 15.8. The minimum atomic E-state index is -0.757. The van der Waals surface area contributed by atoms with E-state index in [0.29, 0.717) is 44.9 Å². The van der Waals surface area contributed by atoms with Gasteiger partial charge in [-0.1, -0.05) is 12.1 Å². The van der Waals surface area contributed by atoms with E-state index in [0.717, 1.165) is 42.5 Å². The summed E-state index contributed by atoms with van der Waals surface area (Å²) in [5.41, 5.74) is 0.686. The first-order chi connectivity index (χ1) is 19.6. The van der Waals surface area contributed by atoms with E-state index in [4.69, 9.17) is 14.0 Å². The lowest BCUT2D eigenvalue weighted by molar-refractivity contribution is -0.126. The molecule has 1 aromatic carbocycles. The molecule has 0 bridgehead atoms. The van der Waals surface area contributed by atoms with Gasteiger partial charge in [0.05, 0.1) is 16.6 Å². The molecule has 3 saturated heterocycles. The lowest BCUT2D eigenvalue weighted by atomic mass is 9.71. The number of likely N-dealkylation sites (tertiary alicyclic amines) is 2. The lowest BCUT2D eigenvalue weighted by Crippen LogP contribution is -2.59. The normalized spacial score (nSPS) is 30.4. The van der Waals surface area contributed by atoms with E-state index in [-0.39, 0.29) is 18.0 Å². The second-order valence-electron chi connectivity index (χ2n) is 15.1. The molecule has 8 nitrogen and oxygen atoms in total. The summed E-state index contributed by atoms with van der Waals surface area (Å²) in [5.74, 6) is 0.123. The first-order valence-electron chi connectivity index (χ1n) is 15.8. The molecule has 4 heterocycles. The Morgan fingerprint density at radius 1 is 1.02 bits per heavy atom. The van der Waals surface area contributed by atoms with Crippen molar-refractivity contribution < 1.29 is 28.0 Å². The number of carbonyl (C=O) groups is 2. The molecule has 2 amide bonds. The number of hydrogen-bond donors (Lipinski definition) is 0. The summed E-state index contributed by atoms with van der Waals surface area (Å²) in [6.07, 6.45) is 3.25. The summed E-state index contributed by atoms with van der Waals surface area (Å²) in [7, 11) is -0.521. The number of amides is 2. The number of fused-ring (bicyclic) bond motifs is 2. The number of piperidine rings is 2. The summed E-state index contributed by atoms with van der Waals surface area (Å²) in [6.45, 7) is 16.1. The van der Waals surface area contributed by atoms with E-state index in [1.165, 1.54) is 0 Å². The fourth-order valence-corrected chi connectivity index (χ4v) is 7.33. The Bertz CT molecular complexity index is 1220. The maximum Gasteiger partial charge on any atom is 0.494 e. The zero-order valence-electron chi connectivity index (χ0n) is 26.4. The van der Waals surface area contributed by atoms with E-state index in [2.05, 4.69) is 17.0 Å². The summed E-state index contributed by atoms with van der Waals surface area (Å²) in [6, 6.07) is 6.60. The third-order valence-electron chi connectivity index (χ3n) is 10.6. The van der Waals surface area contributed by atoms with E-state index in [1.54, 1.807) is 4.90 Å². The molecule has 1 atom stereocenters. The van der Waals surface area contributed by atoms with Gasteiger partial charge in [-0.15, -0.1) is 0 Å². The van der Waals surface area contributed by atoms with Crippen molar-refractivity contribution in [1.29, 1.82) is 0 Å². The quantitative estimate of drug-likeness (QED) is 0.486. The Morgan fingerprint density at radius 3 is 2.26 bits per heavy atom. The highest BCUT2D eigenvalue weighted by atomic mass is 19.1. The van der Waals surface area contributed by atoms with Crippen molar-refractivity contribution in [2.75, 3.05) is 31.1 Å². The van der Waals surface area contributed by atoms with Gasteiger partial charge in [0.1, 0.15) is 11.8 Å². The average molecular weight is 584 g/mol. The van der Waals surface area contributed by atoms with Crippen LogP contribution in [-0.2, 0) is 24.3 Å². The second-order valence-corrected chi connectivity index (χ2v) is 15.1. The molecule has 10 heteroatoms. The largest absolute Gasteiger partial charge is 0.494 e. The van der Waals surface area contributed by atoms with Gasteiger partial charge in [0.25, 0.3) is 0 Å². The summed E-state index contributed by atoms with van der Waals surface area (Å²) in [4.78, 5) is 33.4. The molecule has 0 aromatic heterocycles. The number of halogens is 1. The Balaban J connectivity index is 1.27. The molecule has 1 aromatic rings. The smallest absolute Gasteiger partial charge is 0.444 e. The predicted octanol–water partition coefficient (Wildman–Crippen LogP) is 4.57. The fraction of sp³-hybridized carbons (Fsp3) is 0.750. The molecular weight excluding hydrogens is 536 g/mol. The van der Waals surface area contributed by atoms with Crippen molar-refractivity contribution in [3.8, 4) is 0 Å². The van der Waals surface area contributed by atoms with Crippen LogP contribution in [0.15, 0.2) is 18.2 Å². The third kappa shape index (κ3) is 5.05. The Morgan fingerprint density at radius 2 is 1.67 bits per heavy atom. The summed E-state index contributed by atoms with van der Waals surface area (Å²) >= 11 is 0. The molecule has 0 N–H and O–H groups in total. The van der Waals surface area contributed by atoms with Gasteiger partial charge in [0.2, 0.25) is 5.91 Å². The van der Waals surface area contributed by atoms with Crippen LogP contribution in [0, 0.1) is 0 Å². The number of hydrogen-bond acceptors (Lipinski definition) is 6. The van der Waals surface area contributed by atoms with Gasteiger partial charge in [-0.05, 0) is 111 Å². The van der Waals surface area contributed by atoms with Gasteiger partial charge >= 0.3 is 13.2 Å². The van der Waals surface area contributed by atoms with Crippen molar-refractivity contribution in [2.24, 2.45) is 0 Å². The highest BCUT2D eigenvalue weighted by Crippen LogP contribution is 2.51. The number of anilines is 1. The Kier molecular flexibility index (Phi) is 7.26. The molecule has 1 aliphatic carbocycles. The van der Waals surface area contributed by atoms with Crippen LogP contribution >= 0.6 is 0 Å². The van der Waals surface area contributed by atoms with Crippen LogP contribution in [0.2, 0.25) is 0 Å². The van der Waals surface area contributed by atoms with Gasteiger partial charge in [0.15, 0.2) is 0 Å². The zero-order chi connectivity index (χ0) is 30.2. The molecule has 230 valence electrons. The van der Waals surface area contributed by atoms with Crippen molar-refractivity contribution >= 4 is 30.3 Å². The van der Waals surface area contributed by atoms with Gasteiger partial charge in [-0.3, -0.25) is 9.69 Å². The summed E-state index contributed by atoms with van der Waals surface area (Å²) < 4.78 is 32.5. The van der Waals surface area contributed by atoms with E-state index >= 15 is 0 Å². The Hall–Kier alpha value is -2.17. The first kappa shape index (κ1) is 29.9. The topological polar surface area (TPSA) is 71.6 Å². The van der Waals surface area contributed by atoms with Gasteiger partial charge in [-0.25, -0.2) is 9.18 Å². The van der Waals surface area contributed by atoms with Crippen molar-refractivity contribution in [1.82, 2.24) is 9.80 Å². The average Bonchev–Trinajstić information content (AvgIpc) is 3.23. The highest BCUT2D eigenvalue weighted by Gasteiger charge is 2.57. The fourth-order valence-electron chi connectivity index (χ4n) is 7.33. The number of nitrogens with zero attached hydrogens (tertiary/aromatic N) is 3. The lowest BCUT2D eigenvalue weighted by Gasteiger charge is -2.48. The number of benzene rings is 1. The molecule has 42 heavy (non-hydrogen) atoms. The zero-order valence-corrected chi connectivity index (χ0v) is 26.4. The van der Waals surface area contributed by atoms with Gasteiger partial charge in [0, 0.05) is 37.4 Å². The van der Waals surface area contributed by atoms with E-state index < -0.39 is 35.5 Å². The Labute approximate surface area is 250 Å². The minimum Gasteiger partial charge on any atom is -0.444 e. The van der Waals surface area contributed by atoms with Crippen molar-refractivity contribution in [3.05, 3.63) is 23.8 Å². The third-order valence-corrected chi connectivity index (χ3v) is 10.6. The summed E-state index contributed by atoms with van der Waals surface area (Å²) in [5, 5.41) is 0. The van der Waals surface area contributed by atoms with Crippen LogP contribution in [0.5, 0.6) is 0 Å². The van der Waals surface area contributed by atoms with Crippen LogP contribution in [0.25, 0.3) is 0 Å². The molecule has 0 radical (unpaired) electrons. The van der Waals surface area contributed by atoms with Crippen molar-refractivity contribution in [2.45, 2.75) is 127 Å². The van der Waals surface area contributed by atoms with Crippen LogP contribution in [-0.4, -0.2) is 90.2 Å². The van der Waals surface area contributed by atoms with Crippen LogP contribution < -0.4 is 10.4 Å². The van der Waals surface area contributed by atoms with Crippen LogP contribution in [0.1, 0.15) is 92.6 Å². The van der Waals surface area contributed by atoms with Crippen molar-refractivity contribution in [3.63, 3.8) is 0 Å². The van der Waals surface area contributed by atoms with Gasteiger partial charge < -0.3 is 23.8 Å². The number of carbonyl (C=O) groups excluding carboxylic acids is 2. The SMILES string of the molecule is CC(C)(C)OC(=O)N1CCC2(CC1)C(=O)N(C1CC(N3CCC[C@@H](F)C3)C1)c1cc(B3OC(C)(C)C(C)(C)O3)ccc12. The molecule has 1 saturated carbocycles. The van der Waals surface area contributed by atoms with E-state index in [9.17, 15) is 14.0 Å². The van der Waals surface area contributed by atoms with Crippen LogP contribution in [0.3, 0.4) is 0 Å². The second kappa shape index (κ2) is 10.2. The molecule has 5 aliphatic rings. The predicted molar refractivity (Wildman–Crippen MR) is 161 cm³/mol. The number of rotatable bonds is 3. The maximum atomic E-state index is 14.5.